The van der Waals surface area contributed by atoms with Gasteiger partial charge in [-0.3, -0.25) is 4.68 Å². The zero-order chi connectivity index (χ0) is 14.8. The Morgan fingerprint density at radius 1 is 1.48 bits per heavy atom. The van der Waals surface area contributed by atoms with E-state index < -0.39 is 0 Å². The summed E-state index contributed by atoms with van der Waals surface area (Å²) < 4.78 is 1.84. The van der Waals surface area contributed by atoms with Crippen molar-refractivity contribution in [2.45, 2.75) is 39.0 Å². The Morgan fingerprint density at radius 2 is 2.33 bits per heavy atom. The zero-order valence-electron chi connectivity index (χ0n) is 13.1. The van der Waals surface area contributed by atoms with Crippen LogP contribution in [0.4, 0.5) is 0 Å². The van der Waals surface area contributed by atoms with E-state index in [2.05, 4.69) is 30.5 Å². The van der Waals surface area contributed by atoms with Crippen molar-refractivity contribution in [1.82, 2.24) is 20.1 Å². The minimum Gasteiger partial charge on any atom is -0.316 e. The van der Waals surface area contributed by atoms with Crippen molar-refractivity contribution in [2.75, 3.05) is 13.1 Å². The number of aryl methyl sites for hydroxylation is 2. The van der Waals surface area contributed by atoms with Crippen LogP contribution in [0.5, 0.6) is 0 Å². The molecule has 0 radical (unpaired) electrons. The first-order valence-electron chi connectivity index (χ1n) is 7.83. The SMILES string of the molecule is CC(C)CNCC1CCCc2sc(-c3cnn(C)c3)nc21. The van der Waals surface area contributed by atoms with Crippen LogP contribution in [0.1, 0.15) is 43.2 Å². The first-order valence-corrected chi connectivity index (χ1v) is 8.64. The number of hydrogen-bond acceptors (Lipinski definition) is 4. The number of fused-ring (bicyclic) bond motifs is 1. The third-order valence-corrected chi connectivity index (χ3v) is 5.15. The van der Waals surface area contributed by atoms with E-state index in [1.54, 1.807) is 0 Å². The molecule has 2 heterocycles. The second kappa shape index (κ2) is 6.28. The van der Waals surface area contributed by atoms with Crippen LogP contribution in [0.3, 0.4) is 0 Å². The lowest BCUT2D eigenvalue weighted by atomic mass is 9.91. The molecule has 2 aromatic heterocycles. The molecule has 1 atom stereocenters. The zero-order valence-corrected chi connectivity index (χ0v) is 13.9. The minimum absolute atomic E-state index is 0.578. The van der Waals surface area contributed by atoms with Crippen molar-refractivity contribution in [3.63, 3.8) is 0 Å². The van der Waals surface area contributed by atoms with Gasteiger partial charge in [0.2, 0.25) is 0 Å². The second-order valence-corrected chi connectivity index (χ2v) is 7.45. The summed E-state index contributed by atoms with van der Waals surface area (Å²) in [5.41, 5.74) is 2.48. The Hall–Kier alpha value is -1.20. The van der Waals surface area contributed by atoms with E-state index in [0.29, 0.717) is 11.8 Å². The number of thiazole rings is 1. The van der Waals surface area contributed by atoms with E-state index in [4.69, 9.17) is 4.98 Å². The Kier molecular flexibility index (Phi) is 4.40. The summed E-state index contributed by atoms with van der Waals surface area (Å²) in [5, 5.41) is 8.98. The van der Waals surface area contributed by atoms with Crippen LogP contribution in [0.15, 0.2) is 12.4 Å². The standard InChI is InChI=1S/C16H24N4S/c1-11(2)7-17-8-12-5-4-6-14-15(12)19-16(21-14)13-9-18-20(3)10-13/h9-12,17H,4-8H2,1-3H3. The average Bonchev–Trinajstić information content (AvgIpc) is 3.04. The summed E-state index contributed by atoms with van der Waals surface area (Å²) in [6, 6.07) is 0. The van der Waals surface area contributed by atoms with E-state index in [1.165, 1.54) is 29.8 Å². The molecule has 3 rings (SSSR count). The number of rotatable bonds is 5. The first-order chi connectivity index (χ1) is 10.1. The minimum atomic E-state index is 0.578. The topological polar surface area (TPSA) is 42.7 Å². The molecule has 1 unspecified atom stereocenters. The highest BCUT2D eigenvalue weighted by atomic mass is 32.1. The van der Waals surface area contributed by atoms with Gasteiger partial charge in [-0.2, -0.15) is 5.10 Å². The molecule has 2 aromatic rings. The molecule has 5 heteroatoms. The Labute approximate surface area is 130 Å². The van der Waals surface area contributed by atoms with Crippen molar-refractivity contribution in [1.29, 1.82) is 0 Å². The van der Waals surface area contributed by atoms with E-state index in [9.17, 15) is 0 Å². The van der Waals surface area contributed by atoms with Gasteiger partial charge in [-0.25, -0.2) is 4.98 Å². The van der Waals surface area contributed by atoms with Crippen LogP contribution in [0.25, 0.3) is 10.6 Å². The Balaban J connectivity index is 1.76. The summed E-state index contributed by atoms with van der Waals surface area (Å²) in [7, 11) is 1.95. The van der Waals surface area contributed by atoms with E-state index >= 15 is 0 Å². The van der Waals surface area contributed by atoms with Gasteiger partial charge in [-0.05, 0) is 31.7 Å². The van der Waals surface area contributed by atoms with Gasteiger partial charge in [0.1, 0.15) is 5.01 Å². The Morgan fingerprint density at radius 3 is 3.05 bits per heavy atom. The number of nitrogens with one attached hydrogen (secondary N) is 1. The molecular weight excluding hydrogens is 280 g/mol. The second-order valence-electron chi connectivity index (χ2n) is 6.37. The smallest absolute Gasteiger partial charge is 0.127 e. The molecule has 0 bridgehead atoms. The molecule has 0 aliphatic heterocycles. The molecule has 0 fully saturated rings. The van der Waals surface area contributed by atoms with Gasteiger partial charge in [0.05, 0.1) is 11.9 Å². The predicted octanol–water partition coefficient (Wildman–Crippen LogP) is 3.21. The van der Waals surface area contributed by atoms with Gasteiger partial charge < -0.3 is 5.32 Å². The highest BCUT2D eigenvalue weighted by molar-refractivity contribution is 7.15. The summed E-state index contributed by atoms with van der Waals surface area (Å²) in [6.45, 7) is 6.65. The van der Waals surface area contributed by atoms with Crippen molar-refractivity contribution >= 4 is 11.3 Å². The highest BCUT2D eigenvalue weighted by Crippen LogP contribution is 2.37. The molecule has 4 nitrogen and oxygen atoms in total. The van der Waals surface area contributed by atoms with Crippen LogP contribution in [-0.2, 0) is 13.5 Å². The van der Waals surface area contributed by atoms with Gasteiger partial charge >= 0.3 is 0 Å². The van der Waals surface area contributed by atoms with E-state index in [1.807, 2.05) is 29.3 Å². The van der Waals surface area contributed by atoms with Gasteiger partial charge in [0.15, 0.2) is 0 Å². The molecule has 0 spiro atoms. The lowest BCUT2D eigenvalue weighted by molar-refractivity contribution is 0.473. The van der Waals surface area contributed by atoms with Crippen molar-refractivity contribution < 1.29 is 0 Å². The van der Waals surface area contributed by atoms with Gasteiger partial charge in [-0.1, -0.05) is 13.8 Å². The third kappa shape index (κ3) is 3.35. The normalized spacial score (nSPS) is 18.2. The molecule has 1 aliphatic carbocycles. The molecule has 1 aliphatic rings. The maximum atomic E-state index is 4.94. The van der Waals surface area contributed by atoms with Crippen LogP contribution in [-0.4, -0.2) is 27.9 Å². The first kappa shape index (κ1) is 14.7. The van der Waals surface area contributed by atoms with Crippen molar-refractivity contribution in [2.24, 2.45) is 13.0 Å². The fourth-order valence-corrected chi connectivity index (χ4v) is 4.07. The summed E-state index contributed by atoms with van der Waals surface area (Å²) >= 11 is 1.85. The maximum absolute atomic E-state index is 4.94. The molecule has 0 saturated heterocycles. The lowest BCUT2D eigenvalue weighted by Crippen LogP contribution is -2.27. The summed E-state index contributed by atoms with van der Waals surface area (Å²) in [4.78, 5) is 6.42. The molecule has 114 valence electrons. The quantitative estimate of drug-likeness (QED) is 0.922. The van der Waals surface area contributed by atoms with Gasteiger partial charge in [0.25, 0.3) is 0 Å². The summed E-state index contributed by atoms with van der Waals surface area (Å²) in [5.74, 6) is 1.28. The lowest BCUT2D eigenvalue weighted by Gasteiger charge is -2.22. The molecule has 0 aromatic carbocycles. The number of aromatic nitrogens is 3. The fraction of sp³-hybridized carbons (Fsp3) is 0.625. The van der Waals surface area contributed by atoms with E-state index in [-0.39, 0.29) is 0 Å². The molecular formula is C16H24N4S. The molecule has 1 N–H and O–H groups in total. The highest BCUT2D eigenvalue weighted by Gasteiger charge is 2.25. The fourth-order valence-electron chi connectivity index (χ4n) is 2.91. The average molecular weight is 304 g/mol. The monoisotopic (exact) mass is 304 g/mol. The van der Waals surface area contributed by atoms with Gasteiger partial charge in [-0.15, -0.1) is 11.3 Å². The summed E-state index contributed by atoms with van der Waals surface area (Å²) in [6.07, 6.45) is 7.70. The predicted molar refractivity (Wildman–Crippen MR) is 87.7 cm³/mol. The van der Waals surface area contributed by atoms with Crippen LogP contribution < -0.4 is 5.32 Å². The number of nitrogens with zero attached hydrogens (tertiary/aromatic N) is 3. The maximum Gasteiger partial charge on any atom is 0.127 e. The van der Waals surface area contributed by atoms with Gasteiger partial charge in [0, 0.05) is 36.1 Å². The number of hydrogen-bond donors (Lipinski definition) is 1. The largest absolute Gasteiger partial charge is 0.316 e. The Bertz CT molecular complexity index is 599. The van der Waals surface area contributed by atoms with Crippen molar-refractivity contribution in [3.05, 3.63) is 23.0 Å². The third-order valence-electron chi connectivity index (χ3n) is 3.97. The van der Waals surface area contributed by atoms with Crippen molar-refractivity contribution in [3.8, 4) is 10.6 Å². The van der Waals surface area contributed by atoms with Crippen LogP contribution >= 0.6 is 11.3 Å². The molecule has 0 saturated carbocycles. The van der Waals surface area contributed by atoms with Crippen LogP contribution in [0.2, 0.25) is 0 Å². The van der Waals surface area contributed by atoms with Crippen LogP contribution in [0, 0.1) is 5.92 Å². The molecule has 0 amide bonds. The van der Waals surface area contributed by atoms with E-state index in [0.717, 1.165) is 23.7 Å². The molecule has 21 heavy (non-hydrogen) atoms.